The van der Waals surface area contributed by atoms with Crippen molar-refractivity contribution in [1.29, 1.82) is 0 Å². The molecule has 0 radical (unpaired) electrons. The van der Waals surface area contributed by atoms with Crippen LogP contribution in [0, 0.1) is 11.6 Å². The maximum absolute atomic E-state index is 12.8. The molecule has 4 heteroatoms. The third-order valence-corrected chi connectivity index (χ3v) is 2.49. The van der Waals surface area contributed by atoms with Crippen LogP contribution in [0.25, 0.3) is 0 Å². The molecule has 0 bridgehead atoms. The zero-order chi connectivity index (χ0) is 11.1. The van der Waals surface area contributed by atoms with Crippen molar-refractivity contribution in [2.45, 2.75) is 19.4 Å². The number of ether oxygens (including phenoxy) is 1. The third-order valence-electron chi connectivity index (χ3n) is 1.93. The Morgan fingerprint density at radius 3 is 2.60 bits per heavy atom. The third kappa shape index (κ3) is 4.71. The van der Waals surface area contributed by atoms with Crippen molar-refractivity contribution in [1.82, 2.24) is 0 Å². The van der Waals surface area contributed by atoms with Crippen molar-refractivity contribution in [2.24, 2.45) is 0 Å². The van der Waals surface area contributed by atoms with Crippen LogP contribution in [0.2, 0.25) is 0 Å². The zero-order valence-corrected chi connectivity index (χ0v) is 9.90. The van der Waals surface area contributed by atoms with E-state index >= 15 is 0 Å². The summed E-state index contributed by atoms with van der Waals surface area (Å²) in [5.74, 6) is -1.64. The molecule has 1 nitrogen and oxygen atoms in total. The van der Waals surface area contributed by atoms with Crippen LogP contribution in [0.3, 0.4) is 0 Å². The molecule has 0 saturated carbocycles. The Kier molecular flexibility index (Phi) is 5.79. The molecule has 0 heterocycles. The summed E-state index contributed by atoms with van der Waals surface area (Å²) >= 11 is 3.32. The van der Waals surface area contributed by atoms with Crippen LogP contribution >= 0.6 is 15.9 Å². The molecule has 0 aliphatic carbocycles. The summed E-state index contributed by atoms with van der Waals surface area (Å²) in [6.45, 7) is 0.976. The van der Waals surface area contributed by atoms with Gasteiger partial charge in [0.2, 0.25) is 0 Å². The highest BCUT2D eigenvalue weighted by atomic mass is 79.9. The van der Waals surface area contributed by atoms with Crippen LogP contribution in [0.1, 0.15) is 18.4 Å². The van der Waals surface area contributed by atoms with E-state index in [1.165, 1.54) is 12.1 Å². The monoisotopic (exact) mass is 278 g/mol. The van der Waals surface area contributed by atoms with Gasteiger partial charge in [0.15, 0.2) is 11.6 Å². The number of alkyl halides is 1. The van der Waals surface area contributed by atoms with E-state index in [1.54, 1.807) is 0 Å². The molecule has 1 aromatic carbocycles. The van der Waals surface area contributed by atoms with Crippen molar-refractivity contribution in [2.75, 3.05) is 11.9 Å². The Hall–Kier alpha value is -0.480. The number of hydrogen-bond donors (Lipinski definition) is 0. The lowest BCUT2D eigenvalue weighted by atomic mass is 10.2. The van der Waals surface area contributed by atoms with E-state index in [9.17, 15) is 8.78 Å². The molecule has 0 fully saturated rings. The normalized spacial score (nSPS) is 10.6. The van der Waals surface area contributed by atoms with Gasteiger partial charge in [-0.15, -0.1) is 0 Å². The van der Waals surface area contributed by atoms with Crippen LogP contribution in [0.4, 0.5) is 8.78 Å². The molecule has 1 aromatic rings. The van der Waals surface area contributed by atoms with Crippen LogP contribution in [-0.4, -0.2) is 11.9 Å². The van der Waals surface area contributed by atoms with Gasteiger partial charge < -0.3 is 4.74 Å². The Balaban J connectivity index is 2.28. The molecule has 0 aromatic heterocycles. The van der Waals surface area contributed by atoms with Crippen molar-refractivity contribution in [3.8, 4) is 0 Å². The van der Waals surface area contributed by atoms with E-state index in [2.05, 4.69) is 15.9 Å². The second kappa shape index (κ2) is 6.90. The van der Waals surface area contributed by atoms with Crippen molar-refractivity contribution < 1.29 is 13.5 Å². The molecular formula is C11H13BrF2O. The fraction of sp³-hybridized carbons (Fsp3) is 0.455. The minimum absolute atomic E-state index is 0.333. The highest BCUT2D eigenvalue weighted by Gasteiger charge is 2.02. The molecule has 1 rings (SSSR count). The zero-order valence-electron chi connectivity index (χ0n) is 8.31. The Morgan fingerprint density at radius 1 is 1.13 bits per heavy atom. The predicted molar refractivity (Wildman–Crippen MR) is 59.0 cm³/mol. The Labute approximate surface area is 96.6 Å². The topological polar surface area (TPSA) is 9.23 Å². The molecule has 0 aliphatic heterocycles. The summed E-state index contributed by atoms with van der Waals surface area (Å²) in [4.78, 5) is 0. The van der Waals surface area contributed by atoms with Gasteiger partial charge >= 0.3 is 0 Å². The summed E-state index contributed by atoms with van der Waals surface area (Å²) in [7, 11) is 0. The van der Waals surface area contributed by atoms with Crippen LogP contribution < -0.4 is 0 Å². The molecule has 0 atom stereocenters. The van der Waals surface area contributed by atoms with E-state index in [4.69, 9.17) is 4.74 Å². The van der Waals surface area contributed by atoms with E-state index < -0.39 is 11.6 Å². The van der Waals surface area contributed by atoms with Gasteiger partial charge in [0.05, 0.1) is 6.61 Å². The van der Waals surface area contributed by atoms with Gasteiger partial charge in [-0.05, 0) is 30.5 Å². The number of unbranched alkanes of at least 4 members (excludes halogenated alkanes) is 1. The molecule has 0 aliphatic rings. The minimum Gasteiger partial charge on any atom is -0.377 e. The first-order valence-electron chi connectivity index (χ1n) is 4.81. The lowest BCUT2D eigenvalue weighted by Crippen LogP contribution is -1.97. The molecular weight excluding hydrogens is 266 g/mol. The first-order chi connectivity index (χ1) is 7.24. The predicted octanol–water partition coefficient (Wildman–Crippen LogP) is 3.66. The van der Waals surface area contributed by atoms with Gasteiger partial charge in [0.25, 0.3) is 0 Å². The largest absolute Gasteiger partial charge is 0.377 e. The average Bonchev–Trinajstić information content (AvgIpc) is 2.23. The van der Waals surface area contributed by atoms with Gasteiger partial charge in [-0.2, -0.15) is 0 Å². The van der Waals surface area contributed by atoms with Crippen LogP contribution in [0.15, 0.2) is 18.2 Å². The molecule has 15 heavy (non-hydrogen) atoms. The number of rotatable bonds is 6. The van der Waals surface area contributed by atoms with Crippen molar-refractivity contribution >= 4 is 15.9 Å². The minimum atomic E-state index is -0.823. The molecule has 0 saturated heterocycles. The maximum atomic E-state index is 12.8. The summed E-state index contributed by atoms with van der Waals surface area (Å²) in [5.41, 5.74) is 0.660. The van der Waals surface area contributed by atoms with Gasteiger partial charge in [-0.1, -0.05) is 22.0 Å². The summed E-state index contributed by atoms with van der Waals surface area (Å²) in [6.07, 6.45) is 2.02. The van der Waals surface area contributed by atoms with E-state index in [1.807, 2.05) is 0 Å². The average molecular weight is 279 g/mol. The molecule has 0 N–H and O–H groups in total. The fourth-order valence-electron chi connectivity index (χ4n) is 1.12. The lowest BCUT2D eigenvalue weighted by molar-refractivity contribution is 0.118. The van der Waals surface area contributed by atoms with Gasteiger partial charge in [-0.25, -0.2) is 8.78 Å². The van der Waals surface area contributed by atoms with E-state index in [-0.39, 0.29) is 0 Å². The molecule has 84 valence electrons. The Bertz CT molecular complexity index is 305. The standard InChI is InChI=1S/C11H13BrF2O/c12-5-1-2-6-15-8-9-3-4-10(13)11(14)7-9/h3-4,7H,1-2,5-6,8H2. The quantitative estimate of drug-likeness (QED) is 0.570. The van der Waals surface area contributed by atoms with E-state index in [0.717, 1.165) is 24.2 Å². The first-order valence-corrected chi connectivity index (χ1v) is 5.94. The molecule has 0 unspecified atom stereocenters. The smallest absolute Gasteiger partial charge is 0.159 e. The number of benzene rings is 1. The van der Waals surface area contributed by atoms with Crippen LogP contribution in [-0.2, 0) is 11.3 Å². The van der Waals surface area contributed by atoms with E-state index in [0.29, 0.717) is 18.8 Å². The fourth-order valence-corrected chi connectivity index (χ4v) is 1.51. The second-order valence-electron chi connectivity index (χ2n) is 3.20. The van der Waals surface area contributed by atoms with Gasteiger partial charge in [-0.3, -0.25) is 0 Å². The molecule has 0 spiro atoms. The highest BCUT2D eigenvalue weighted by molar-refractivity contribution is 9.09. The van der Waals surface area contributed by atoms with Gasteiger partial charge in [0, 0.05) is 11.9 Å². The summed E-state index contributed by atoms with van der Waals surface area (Å²) in [5, 5.41) is 0.960. The van der Waals surface area contributed by atoms with Crippen molar-refractivity contribution in [3.05, 3.63) is 35.4 Å². The number of hydrogen-bond acceptors (Lipinski definition) is 1. The molecule has 0 amide bonds. The SMILES string of the molecule is Fc1ccc(COCCCCBr)cc1F. The highest BCUT2D eigenvalue weighted by Crippen LogP contribution is 2.09. The lowest BCUT2D eigenvalue weighted by Gasteiger charge is -2.04. The van der Waals surface area contributed by atoms with Crippen LogP contribution in [0.5, 0.6) is 0 Å². The first kappa shape index (κ1) is 12.6. The maximum Gasteiger partial charge on any atom is 0.159 e. The second-order valence-corrected chi connectivity index (χ2v) is 3.99. The number of halogens is 3. The Morgan fingerprint density at radius 2 is 1.93 bits per heavy atom. The summed E-state index contributed by atoms with van der Waals surface area (Å²) in [6, 6.07) is 3.81. The summed E-state index contributed by atoms with van der Waals surface area (Å²) < 4.78 is 30.6. The van der Waals surface area contributed by atoms with Gasteiger partial charge in [0.1, 0.15) is 0 Å². The van der Waals surface area contributed by atoms with Crippen molar-refractivity contribution in [3.63, 3.8) is 0 Å².